The predicted octanol–water partition coefficient (Wildman–Crippen LogP) is 3.91. The Balaban J connectivity index is 1.47. The lowest BCUT2D eigenvalue weighted by molar-refractivity contribution is -0.119. The van der Waals surface area contributed by atoms with Gasteiger partial charge in [-0.1, -0.05) is 63.9 Å². The van der Waals surface area contributed by atoms with Crippen LogP contribution in [0.4, 0.5) is 0 Å². The molecule has 1 aromatic carbocycles. The molecular formula is C21H29N5O2S. The lowest BCUT2D eigenvalue weighted by Crippen LogP contribution is -2.30. The van der Waals surface area contributed by atoms with Crippen molar-refractivity contribution in [1.82, 2.24) is 25.5 Å². The molecule has 156 valence electrons. The molecule has 0 saturated heterocycles. The first kappa shape index (κ1) is 21.5. The molecule has 1 fully saturated rings. The van der Waals surface area contributed by atoms with Gasteiger partial charge in [-0.05, 0) is 46.4 Å². The minimum atomic E-state index is -0.368. The number of hydrogen-bond acceptors (Lipinski definition) is 6. The Bertz CT molecular complexity index is 836. The summed E-state index contributed by atoms with van der Waals surface area (Å²) in [7, 11) is 0. The van der Waals surface area contributed by atoms with Gasteiger partial charge in [-0.3, -0.25) is 14.9 Å². The normalized spacial score (nSPS) is 15.3. The summed E-state index contributed by atoms with van der Waals surface area (Å²) in [6, 6.07) is 7.74. The zero-order chi connectivity index (χ0) is 20.9. The van der Waals surface area contributed by atoms with Crippen LogP contribution in [0.2, 0.25) is 0 Å². The smallest absolute Gasteiger partial charge is 0.257 e. The minimum Gasteiger partial charge on any atom is -0.292 e. The second-order valence-corrected chi connectivity index (χ2v) is 9.56. The third-order valence-corrected chi connectivity index (χ3v) is 6.14. The largest absolute Gasteiger partial charge is 0.292 e. The molecule has 1 aliphatic carbocycles. The standard InChI is InChI=1S/C21H29N5O2S/c1-21(2,3)16-11-9-15(10-12-16)19(28)22-18(27)13-14-29-20-23-24-25-26(20)17-7-5-4-6-8-17/h9-12,17H,4-8,13-14H2,1-3H3,(H,22,27,28). The number of carbonyl (C=O) groups is 2. The van der Waals surface area contributed by atoms with Crippen molar-refractivity contribution in [2.24, 2.45) is 0 Å². The van der Waals surface area contributed by atoms with Crippen molar-refractivity contribution >= 4 is 23.6 Å². The zero-order valence-electron chi connectivity index (χ0n) is 17.4. The van der Waals surface area contributed by atoms with E-state index in [9.17, 15) is 9.59 Å². The number of thioether (sulfide) groups is 1. The van der Waals surface area contributed by atoms with E-state index >= 15 is 0 Å². The highest BCUT2D eigenvalue weighted by Gasteiger charge is 2.20. The molecule has 1 N–H and O–H groups in total. The number of nitrogens with zero attached hydrogens (tertiary/aromatic N) is 4. The molecular weight excluding hydrogens is 386 g/mol. The fraction of sp³-hybridized carbons (Fsp3) is 0.571. The van der Waals surface area contributed by atoms with Crippen molar-refractivity contribution in [2.45, 2.75) is 75.9 Å². The average Bonchev–Trinajstić information content (AvgIpc) is 3.16. The quantitative estimate of drug-likeness (QED) is 0.720. The summed E-state index contributed by atoms with van der Waals surface area (Å²) in [4.78, 5) is 24.5. The lowest BCUT2D eigenvalue weighted by atomic mass is 9.87. The van der Waals surface area contributed by atoms with Crippen molar-refractivity contribution in [3.8, 4) is 0 Å². The van der Waals surface area contributed by atoms with Crippen LogP contribution in [0.1, 0.15) is 81.3 Å². The van der Waals surface area contributed by atoms with Crippen molar-refractivity contribution in [2.75, 3.05) is 5.75 Å². The number of benzene rings is 1. The van der Waals surface area contributed by atoms with Crippen LogP contribution in [0.25, 0.3) is 0 Å². The number of imide groups is 1. The molecule has 1 saturated carbocycles. The van der Waals surface area contributed by atoms with E-state index in [-0.39, 0.29) is 23.7 Å². The summed E-state index contributed by atoms with van der Waals surface area (Å²) in [5.41, 5.74) is 1.66. The first-order valence-electron chi connectivity index (χ1n) is 10.2. The number of amides is 2. The molecule has 0 atom stereocenters. The highest BCUT2D eigenvalue weighted by atomic mass is 32.2. The number of tetrazole rings is 1. The Hall–Kier alpha value is -2.22. The first-order valence-corrected chi connectivity index (χ1v) is 11.2. The third kappa shape index (κ3) is 5.88. The maximum Gasteiger partial charge on any atom is 0.257 e. The molecule has 7 nitrogen and oxygen atoms in total. The van der Waals surface area contributed by atoms with Crippen LogP contribution in [0, 0.1) is 0 Å². The Morgan fingerprint density at radius 2 is 1.83 bits per heavy atom. The van der Waals surface area contributed by atoms with E-state index < -0.39 is 0 Å². The van der Waals surface area contributed by atoms with Crippen LogP contribution in [0.5, 0.6) is 0 Å². The van der Waals surface area contributed by atoms with E-state index in [1.165, 1.54) is 31.0 Å². The molecule has 2 amide bonds. The van der Waals surface area contributed by atoms with Gasteiger partial charge in [0.2, 0.25) is 11.1 Å². The van der Waals surface area contributed by atoms with Crippen molar-refractivity contribution in [3.63, 3.8) is 0 Å². The average molecular weight is 416 g/mol. The van der Waals surface area contributed by atoms with E-state index in [1.54, 1.807) is 12.1 Å². The molecule has 8 heteroatoms. The van der Waals surface area contributed by atoms with Crippen molar-refractivity contribution in [1.29, 1.82) is 0 Å². The molecule has 29 heavy (non-hydrogen) atoms. The van der Waals surface area contributed by atoms with Crippen LogP contribution in [-0.4, -0.2) is 37.8 Å². The van der Waals surface area contributed by atoms with Gasteiger partial charge in [0.25, 0.3) is 5.91 Å². The molecule has 0 radical (unpaired) electrons. The van der Waals surface area contributed by atoms with Crippen molar-refractivity contribution in [3.05, 3.63) is 35.4 Å². The number of rotatable bonds is 6. The molecule has 1 aromatic heterocycles. The highest BCUT2D eigenvalue weighted by molar-refractivity contribution is 7.99. The van der Waals surface area contributed by atoms with Gasteiger partial charge in [0, 0.05) is 17.7 Å². The lowest BCUT2D eigenvalue weighted by Gasteiger charge is -2.21. The Kier molecular flexibility index (Phi) is 7.05. The van der Waals surface area contributed by atoms with E-state index in [0.29, 0.717) is 17.4 Å². The van der Waals surface area contributed by atoms with E-state index in [2.05, 4.69) is 41.6 Å². The zero-order valence-corrected chi connectivity index (χ0v) is 18.2. The van der Waals surface area contributed by atoms with E-state index in [0.717, 1.165) is 23.6 Å². The molecule has 1 heterocycles. The fourth-order valence-corrected chi connectivity index (χ4v) is 4.34. The highest BCUT2D eigenvalue weighted by Crippen LogP contribution is 2.30. The monoisotopic (exact) mass is 415 g/mol. The van der Waals surface area contributed by atoms with Gasteiger partial charge in [0.05, 0.1) is 6.04 Å². The number of hydrogen-bond donors (Lipinski definition) is 1. The molecule has 0 aliphatic heterocycles. The molecule has 3 rings (SSSR count). The first-order chi connectivity index (χ1) is 13.8. The van der Waals surface area contributed by atoms with E-state index in [1.807, 2.05) is 16.8 Å². The van der Waals surface area contributed by atoms with Crippen LogP contribution >= 0.6 is 11.8 Å². The summed E-state index contributed by atoms with van der Waals surface area (Å²) in [5, 5.41) is 15.2. The summed E-state index contributed by atoms with van der Waals surface area (Å²) < 4.78 is 1.89. The molecule has 0 spiro atoms. The number of carbonyl (C=O) groups excluding carboxylic acids is 2. The topological polar surface area (TPSA) is 89.8 Å². The van der Waals surface area contributed by atoms with Crippen LogP contribution in [0.15, 0.2) is 29.4 Å². The van der Waals surface area contributed by atoms with Gasteiger partial charge in [0.15, 0.2) is 0 Å². The van der Waals surface area contributed by atoms with Gasteiger partial charge < -0.3 is 0 Å². The van der Waals surface area contributed by atoms with Crippen molar-refractivity contribution < 1.29 is 9.59 Å². The summed E-state index contributed by atoms with van der Waals surface area (Å²) in [6.45, 7) is 6.36. The SMILES string of the molecule is CC(C)(C)c1ccc(C(=O)NC(=O)CCSc2nnnn2C2CCCCC2)cc1. The van der Waals surface area contributed by atoms with Crippen LogP contribution < -0.4 is 5.32 Å². The van der Waals surface area contributed by atoms with E-state index in [4.69, 9.17) is 0 Å². The maximum atomic E-state index is 12.3. The van der Waals surface area contributed by atoms with Gasteiger partial charge in [0.1, 0.15) is 0 Å². The molecule has 2 aromatic rings. The maximum absolute atomic E-state index is 12.3. The molecule has 1 aliphatic rings. The van der Waals surface area contributed by atoms with Crippen LogP contribution in [0.3, 0.4) is 0 Å². The summed E-state index contributed by atoms with van der Waals surface area (Å²) in [5.74, 6) is -0.138. The van der Waals surface area contributed by atoms with Gasteiger partial charge >= 0.3 is 0 Å². The fourth-order valence-electron chi connectivity index (χ4n) is 3.45. The predicted molar refractivity (Wildman–Crippen MR) is 113 cm³/mol. The summed E-state index contributed by atoms with van der Waals surface area (Å²) >= 11 is 1.46. The third-order valence-electron chi connectivity index (χ3n) is 5.21. The molecule has 0 bridgehead atoms. The van der Waals surface area contributed by atoms with Crippen LogP contribution in [-0.2, 0) is 10.2 Å². The Labute approximate surface area is 176 Å². The second-order valence-electron chi connectivity index (χ2n) is 8.50. The number of nitrogens with one attached hydrogen (secondary N) is 1. The minimum absolute atomic E-state index is 0.0229. The second kappa shape index (κ2) is 9.52. The van der Waals surface area contributed by atoms with Gasteiger partial charge in [-0.15, -0.1) is 5.10 Å². The number of aromatic nitrogens is 4. The Morgan fingerprint density at radius 1 is 1.14 bits per heavy atom. The molecule has 0 unspecified atom stereocenters. The Morgan fingerprint density at radius 3 is 2.48 bits per heavy atom. The van der Waals surface area contributed by atoms with Gasteiger partial charge in [-0.2, -0.15) is 0 Å². The van der Waals surface area contributed by atoms with Gasteiger partial charge in [-0.25, -0.2) is 4.68 Å². The summed E-state index contributed by atoms with van der Waals surface area (Å²) in [6.07, 6.45) is 6.11.